The Balaban J connectivity index is 1.80. The Hall–Kier alpha value is -2.68. The monoisotopic (exact) mass is 543 g/mol. The van der Waals surface area contributed by atoms with Crippen molar-refractivity contribution in [2.75, 3.05) is 40.4 Å². The highest BCUT2D eigenvalue weighted by Gasteiger charge is 2.41. The molecule has 1 aliphatic heterocycles. The molecule has 39 heavy (non-hydrogen) atoms. The largest absolute Gasteiger partial charge is 0.457 e. The number of amides is 2. The molecule has 3 atom stereocenters. The second kappa shape index (κ2) is 15.2. The smallest absolute Gasteiger partial charge is 0.317 e. The molecule has 0 bridgehead atoms. The zero-order valence-corrected chi connectivity index (χ0v) is 23.9. The van der Waals surface area contributed by atoms with Crippen molar-refractivity contribution in [2.24, 2.45) is 11.8 Å². The van der Waals surface area contributed by atoms with Gasteiger partial charge in [-0.05, 0) is 93.5 Å². The van der Waals surface area contributed by atoms with E-state index in [1.165, 1.54) is 12.1 Å². The molecular weight excluding hydrogens is 497 g/mol. The lowest BCUT2D eigenvalue weighted by Gasteiger charge is -2.43. The van der Waals surface area contributed by atoms with E-state index in [2.05, 4.69) is 24.5 Å². The molecule has 0 aliphatic carbocycles. The van der Waals surface area contributed by atoms with Crippen LogP contribution in [0.25, 0.3) is 0 Å². The van der Waals surface area contributed by atoms with E-state index in [0.717, 1.165) is 37.7 Å². The summed E-state index contributed by atoms with van der Waals surface area (Å²) in [7, 11) is 3.58. The summed E-state index contributed by atoms with van der Waals surface area (Å²) in [5.74, 6) is 1.11. The van der Waals surface area contributed by atoms with Crippen LogP contribution in [0.5, 0.6) is 11.5 Å². The van der Waals surface area contributed by atoms with E-state index in [1.807, 2.05) is 36.2 Å². The number of halogens is 1. The zero-order valence-electron chi connectivity index (χ0n) is 23.9. The maximum absolute atomic E-state index is 13.3. The molecule has 0 saturated carbocycles. The minimum atomic E-state index is -1.14. The van der Waals surface area contributed by atoms with Crippen LogP contribution in [-0.4, -0.2) is 62.5 Å². The van der Waals surface area contributed by atoms with Crippen molar-refractivity contribution in [3.63, 3.8) is 0 Å². The highest BCUT2D eigenvalue weighted by molar-refractivity contribution is 5.74. The predicted octanol–water partition coefficient (Wildman–Crippen LogP) is 5.68. The SMILES string of the molecule is CNC[C@H](CC(C)C)NC(=O)N1CCC[C@@H]([C@@](O)(CCCCOC)c2cccc(Oc3ccc(F)cc3)c2)C1. The van der Waals surface area contributed by atoms with E-state index < -0.39 is 5.60 Å². The van der Waals surface area contributed by atoms with Crippen LogP contribution in [0.2, 0.25) is 0 Å². The number of unbranched alkanes of at least 4 members (excludes halogenated alkanes) is 1. The van der Waals surface area contributed by atoms with Gasteiger partial charge in [0.25, 0.3) is 0 Å². The lowest BCUT2D eigenvalue weighted by Crippen LogP contribution is -2.53. The number of rotatable bonds is 14. The standard InChI is InChI=1S/C31H46FN3O4/c1-23(2)19-27(21-33-3)34-30(36)35-17-8-10-25(22-35)31(37,16-5-6-18-38-4)24-9-7-11-29(20-24)39-28-14-12-26(32)13-15-28/h7,9,11-15,20,23,25,27,33,37H,5-6,8,10,16-19,21-22H2,1-4H3,(H,34,36)/t25-,27+,31-/m1/s1. The highest BCUT2D eigenvalue weighted by Crippen LogP contribution is 2.41. The number of piperidine rings is 1. The second-order valence-electron chi connectivity index (χ2n) is 11.1. The molecule has 2 amide bonds. The Kier molecular flexibility index (Phi) is 12.0. The summed E-state index contributed by atoms with van der Waals surface area (Å²) < 4.78 is 24.6. The number of carbonyl (C=O) groups is 1. The van der Waals surface area contributed by atoms with Crippen molar-refractivity contribution in [1.82, 2.24) is 15.5 Å². The van der Waals surface area contributed by atoms with Crippen molar-refractivity contribution in [2.45, 2.75) is 64.0 Å². The molecule has 3 rings (SSSR count). The molecule has 7 nitrogen and oxygen atoms in total. The van der Waals surface area contributed by atoms with Crippen molar-refractivity contribution in [3.05, 3.63) is 59.9 Å². The summed E-state index contributed by atoms with van der Waals surface area (Å²) in [6.45, 7) is 6.80. The number of hydrogen-bond acceptors (Lipinski definition) is 5. The molecule has 0 aromatic heterocycles. The Morgan fingerprint density at radius 3 is 2.64 bits per heavy atom. The van der Waals surface area contributed by atoms with E-state index >= 15 is 0 Å². The van der Waals surface area contributed by atoms with Gasteiger partial charge in [0, 0.05) is 45.3 Å². The fourth-order valence-electron chi connectivity index (χ4n) is 5.52. The van der Waals surface area contributed by atoms with Crippen molar-refractivity contribution in [3.8, 4) is 11.5 Å². The van der Waals surface area contributed by atoms with Crippen LogP contribution in [0.1, 0.15) is 57.9 Å². The maximum Gasteiger partial charge on any atom is 0.317 e. The molecule has 1 heterocycles. The molecule has 2 aromatic carbocycles. The van der Waals surface area contributed by atoms with Gasteiger partial charge in [0.15, 0.2) is 0 Å². The lowest BCUT2D eigenvalue weighted by molar-refractivity contribution is -0.0564. The fourth-order valence-corrected chi connectivity index (χ4v) is 5.52. The van der Waals surface area contributed by atoms with Gasteiger partial charge in [-0.1, -0.05) is 26.0 Å². The average molecular weight is 544 g/mol. The molecule has 1 fully saturated rings. The van der Waals surface area contributed by atoms with Gasteiger partial charge in [0.2, 0.25) is 0 Å². The summed E-state index contributed by atoms with van der Waals surface area (Å²) in [5, 5.41) is 18.7. The van der Waals surface area contributed by atoms with E-state index in [-0.39, 0.29) is 23.8 Å². The first kappa shape index (κ1) is 30.9. The molecule has 1 aliphatic rings. The van der Waals surface area contributed by atoms with Gasteiger partial charge in [0.1, 0.15) is 17.3 Å². The minimum Gasteiger partial charge on any atom is -0.457 e. The topological polar surface area (TPSA) is 83.1 Å². The Bertz CT molecular complexity index is 1020. The number of ether oxygens (including phenoxy) is 2. The van der Waals surface area contributed by atoms with Gasteiger partial charge >= 0.3 is 6.03 Å². The fraction of sp³-hybridized carbons (Fsp3) is 0.581. The third-order valence-corrected chi connectivity index (χ3v) is 7.46. The molecule has 8 heteroatoms. The van der Waals surface area contributed by atoms with Crippen LogP contribution in [-0.2, 0) is 10.3 Å². The molecule has 1 saturated heterocycles. The van der Waals surface area contributed by atoms with Crippen LogP contribution in [0.4, 0.5) is 9.18 Å². The molecule has 216 valence electrons. The number of benzene rings is 2. The first-order chi connectivity index (χ1) is 18.7. The number of nitrogens with one attached hydrogen (secondary N) is 2. The first-order valence-electron chi connectivity index (χ1n) is 14.2. The number of urea groups is 1. The third kappa shape index (κ3) is 9.19. The number of hydrogen-bond donors (Lipinski definition) is 3. The molecular formula is C31H46FN3O4. The normalized spacial score (nSPS) is 18.0. The maximum atomic E-state index is 13.3. The van der Waals surface area contributed by atoms with Gasteiger partial charge in [0.05, 0.1) is 5.60 Å². The van der Waals surface area contributed by atoms with Crippen molar-refractivity contribution in [1.29, 1.82) is 0 Å². The summed E-state index contributed by atoms with van der Waals surface area (Å²) in [6.07, 6.45) is 4.71. The minimum absolute atomic E-state index is 0.0519. The predicted molar refractivity (Wildman–Crippen MR) is 153 cm³/mol. The molecule has 2 aromatic rings. The van der Waals surface area contributed by atoms with E-state index in [1.54, 1.807) is 19.2 Å². The molecule has 0 spiro atoms. The van der Waals surface area contributed by atoms with Gasteiger partial charge in [-0.25, -0.2) is 9.18 Å². The van der Waals surface area contributed by atoms with Crippen LogP contribution in [0.15, 0.2) is 48.5 Å². The molecule has 3 N–H and O–H groups in total. The van der Waals surface area contributed by atoms with E-state index in [0.29, 0.717) is 50.1 Å². The summed E-state index contributed by atoms with van der Waals surface area (Å²) >= 11 is 0. The van der Waals surface area contributed by atoms with Crippen molar-refractivity contribution >= 4 is 6.03 Å². The molecule has 0 radical (unpaired) electrons. The number of aliphatic hydroxyl groups is 1. The average Bonchev–Trinajstić information content (AvgIpc) is 2.92. The Morgan fingerprint density at radius 2 is 1.95 bits per heavy atom. The Morgan fingerprint density at radius 1 is 1.18 bits per heavy atom. The summed E-state index contributed by atoms with van der Waals surface area (Å²) in [6, 6.07) is 13.3. The van der Waals surface area contributed by atoms with Gasteiger partial charge in [-0.2, -0.15) is 0 Å². The molecule has 0 unspecified atom stereocenters. The van der Waals surface area contributed by atoms with Gasteiger partial charge in [-0.3, -0.25) is 0 Å². The highest BCUT2D eigenvalue weighted by atomic mass is 19.1. The number of nitrogens with zero attached hydrogens (tertiary/aromatic N) is 1. The quantitative estimate of drug-likeness (QED) is 0.267. The number of methoxy groups -OCH3 is 1. The van der Waals surface area contributed by atoms with Gasteiger partial charge in [-0.15, -0.1) is 0 Å². The number of carbonyl (C=O) groups excluding carboxylic acids is 1. The number of likely N-dealkylation sites (tertiary alicyclic amines) is 1. The van der Waals surface area contributed by atoms with E-state index in [4.69, 9.17) is 9.47 Å². The number of likely N-dealkylation sites (N-methyl/N-ethyl adjacent to an activating group) is 1. The van der Waals surface area contributed by atoms with Crippen molar-refractivity contribution < 1.29 is 23.8 Å². The first-order valence-corrected chi connectivity index (χ1v) is 14.2. The Labute approximate surface area is 233 Å². The second-order valence-corrected chi connectivity index (χ2v) is 11.1. The van der Waals surface area contributed by atoms with Crippen LogP contribution in [0.3, 0.4) is 0 Å². The zero-order chi connectivity index (χ0) is 28.3. The van der Waals surface area contributed by atoms with Gasteiger partial charge < -0.3 is 30.1 Å². The van der Waals surface area contributed by atoms with E-state index in [9.17, 15) is 14.3 Å². The van der Waals surface area contributed by atoms with Crippen LogP contribution < -0.4 is 15.4 Å². The third-order valence-electron chi connectivity index (χ3n) is 7.46. The summed E-state index contributed by atoms with van der Waals surface area (Å²) in [4.78, 5) is 15.2. The summed E-state index contributed by atoms with van der Waals surface area (Å²) in [5.41, 5.74) is -0.378. The van der Waals surface area contributed by atoms with Crippen LogP contribution in [0, 0.1) is 17.7 Å². The lowest BCUT2D eigenvalue weighted by atomic mass is 9.74. The van der Waals surface area contributed by atoms with Crippen LogP contribution >= 0.6 is 0 Å².